The number of fused-ring (bicyclic) bond motifs is 3. The minimum Gasteiger partial charge on any atom is -0.241 e. The molecule has 2 heterocycles. The molecule has 2 aromatic rings. The first-order valence-electron chi connectivity index (χ1n) is 7.10. The Kier molecular flexibility index (Phi) is 2.40. The molecule has 1 fully saturated rings. The monoisotopic (exact) mass is 255 g/mol. The summed E-state index contributed by atoms with van der Waals surface area (Å²) in [6, 6.07) is 0.512. The zero-order valence-electron chi connectivity index (χ0n) is 11.1. The molecule has 5 nitrogen and oxygen atoms in total. The van der Waals surface area contributed by atoms with Crippen molar-refractivity contribution in [3.8, 4) is 11.4 Å². The highest BCUT2D eigenvalue weighted by atomic mass is 15.4. The van der Waals surface area contributed by atoms with E-state index in [1.54, 1.807) is 0 Å². The van der Waals surface area contributed by atoms with Crippen LogP contribution < -0.4 is 0 Å². The fourth-order valence-corrected chi connectivity index (χ4v) is 3.28. The van der Waals surface area contributed by atoms with Crippen molar-refractivity contribution >= 4 is 0 Å². The molecule has 0 atom stereocenters. The van der Waals surface area contributed by atoms with Crippen LogP contribution in [-0.4, -0.2) is 25.0 Å². The van der Waals surface area contributed by atoms with Gasteiger partial charge >= 0.3 is 0 Å². The minimum atomic E-state index is 0.512. The van der Waals surface area contributed by atoms with Crippen LogP contribution in [0.1, 0.15) is 48.8 Å². The van der Waals surface area contributed by atoms with Crippen LogP contribution >= 0.6 is 0 Å². The second-order valence-corrected chi connectivity index (χ2v) is 5.56. The SMILES string of the molecule is Cc1ncc2c(n1)-c1c(nnn1C1CCCC1)CC2. The maximum absolute atomic E-state index is 4.65. The Balaban J connectivity index is 1.89. The molecule has 19 heavy (non-hydrogen) atoms. The molecule has 0 radical (unpaired) electrons. The summed E-state index contributed by atoms with van der Waals surface area (Å²) in [5.74, 6) is 0.825. The van der Waals surface area contributed by atoms with Gasteiger partial charge in [0.1, 0.15) is 11.5 Å². The molecule has 0 unspecified atom stereocenters. The largest absolute Gasteiger partial charge is 0.241 e. The molecule has 4 rings (SSSR count). The Labute approximate surface area is 112 Å². The van der Waals surface area contributed by atoms with E-state index in [0.29, 0.717) is 6.04 Å². The minimum absolute atomic E-state index is 0.512. The average molecular weight is 255 g/mol. The zero-order valence-corrected chi connectivity index (χ0v) is 11.1. The van der Waals surface area contributed by atoms with Crippen LogP contribution in [0.25, 0.3) is 11.4 Å². The van der Waals surface area contributed by atoms with Crippen molar-refractivity contribution in [1.82, 2.24) is 25.0 Å². The van der Waals surface area contributed by atoms with Crippen LogP contribution in [0.3, 0.4) is 0 Å². The van der Waals surface area contributed by atoms with E-state index in [1.807, 2.05) is 13.1 Å². The molecule has 0 bridgehead atoms. The van der Waals surface area contributed by atoms with Gasteiger partial charge in [0.05, 0.1) is 17.4 Å². The van der Waals surface area contributed by atoms with Gasteiger partial charge in [-0.05, 0) is 38.2 Å². The first-order valence-corrected chi connectivity index (χ1v) is 7.10. The number of aromatic nitrogens is 5. The van der Waals surface area contributed by atoms with E-state index in [1.165, 1.54) is 31.2 Å². The van der Waals surface area contributed by atoms with Crippen LogP contribution in [0.2, 0.25) is 0 Å². The lowest BCUT2D eigenvalue weighted by Crippen LogP contribution is -2.14. The predicted molar refractivity (Wildman–Crippen MR) is 70.7 cm³/mol. The van der Waals surface area contributed by atoms with E-state index in [4.69, 9.17) is 0 Å². The van der Waals surface area contributed by atoms with Gasteiger partial charge < -0.3 is 0 Å². The summed E-state index contributed by atoms with van der Waals surface area (Å²) in [4.78, 5) is 8.96. The van der Waals surface area contributed by atoms with Crippen LogP contribution in [0, 0.1) is 6.92 Å². The molecule has 2 aromatic heterocycles. The molecule has 98 valence electrons. The fourth-order valence-electron chi connectivity index (χ4n) is 3.28. The second kappa shape index (κ2) is 4.11. The number of aryl methyl sites for hydroxylation is 3. The summed E-state index contributed by atoms with van der Waals surface area (Å²) in [7, 11) is 0. The van der Waals surface area contributed by atoms with Gasteiger partial charge in [0.2, 0.25) is 0 Å². The van der Waals surface area contributed by atoms with E-state index in [9.17, 15) is 0 Å². The highest BCUT2D eigenvalue weighted by Gasteiger charge is 2.28. The number of hydrogen-bond donors (Lipinski definition) is 0. The van der Waals surface area contributed by atoms with Crippen LogP contribution in [-0.2, 0) is 12.8 Å². The molecule has 0 aliphatic heterocycles. The first-order chi connectivity index (χ1) is 9.33. The third-order valence-electron chi connectivity index (χ3n) is 4.28. The third kappa shape index (κ3) is 1.68. The van der Waals surface area contributed by atoms with Crippen molar-refractivity contribution in [2.45, 2.75) is 51.5 Å². The van der Waals surface area contributed by atoms with E-state index < -0.39 is 0 Å². The van der Waals surface area contributed by atoms with Crippen LogP contribution in [0.5, 0.6) is 0 Å². The molecule has 2 aliphatic rings. The highest BCUT2D eigenvalue weighted by molar-refractivity contribution is 5.64. The van der Waals surface area contributed by atoms with Gasteiger partial charge in [0.15, 0.2) is 0 Å². The second-order valence-electron chi connectivity index (χ2n) is 5.56. The lowest BCUT2D eigenvalue weighted by molar-refractivity contribution is 0.457. The number of nitrogens with zero attached hydrogens (tertiary/aromatic N) is 5. The summed E-state index contributed by atoms with van der Waals surface area (Å²) in [6.45, 7) is 1.94. The summed E-state index contributed by atoms with van der Waals surface area (Å²) in [6.07, 6.45) is 8.94. The molecule has 0 aromatic carbocycles. The summed E-state index contributed by atoms with van der Waals surface area (Å²) < 4.78 is 2.13. The quantitative estimate of drug-likeness (QED) is 0.784. The van der Waals surface area contributed by atoms with Crippen molar-refractivity contribution in [3.63, 3.8) is 0 Å². The Morgan fingerprint density at radius 3 is 2.89 bits per heavy atom. The van der Waals surface area contributed by atoms with Gasteiger partial charge in [-0.1, -0.05) is 18.1 Å². The molecule has 5 heteroatoms. The predicted octanol–water partition coefficient (Wildman–Crippen LogP) is 2.26. The van der Waals surface area contributed by atoms with Crippen molar-refractivity contribution in [2.24, 2.45) is 0 Å². The van der Waals surface area contributed by atoms with E-state index in [0.717, 1.165) is 35.7 Å². The summed E-state index contributed by atoms with van der Waals surface area (Å²) in [5, 5.41) is 8.80. The smallest absolute Gasteiger partial charge is 0.125 e. The fraction of sp³-hybridized carbons (Fsp3) is 0.571. The van der Waals surface area contributed by atoms with Crippen LogP contribution in [0.4, 0.5) is 0 Å². The lowest BCUT2D eigenvalue weighted by Gasteiger charge is -2.18. The average Bonchev–Trinajstić information content (AvgIpc) is 3.07. The molecule has 0 spiro atoms. The molecule has 0 amide bonds. The standard InChI is InChI=1S/C14H17N5/c1-9-15-8-10-6-7-12-14(13(10)16-9)19(18-17-12)11-4-2-3-5-11/h8,11H,2-7H2,1H3. The Bertz CT molecular complexity index is 625. The maximum Gasteiger partial charge on any atom is 0.125 e. The molecule has 2 aliphatic carbocycles. The van der Waals surface area contributed by atoms with Gasteiger partial charge in [-0.3, -0.25) is 0 Å². The van der Waals surface area contributed by atoms with Crippen molar-refractivity contribution in [1.29, 1.82) is 0 Å². The molecule has 1 saturated carbocycles. The van der Waals surface area contributed by atoms with E-state index in [2.05, 4.69) is 25.0 Å². The number of rotatable bonds is 1. The lowest BCUT2D eigenvalue weighted by atomic mass is 9.97. The number of hydrogen-bond acceptors (Lipinski definition) is 4. The molecule has 0 saturated heterocycles. The van der Waals surface area contributed by atoms with E-state index in [-0.39, 0.29) is 0 Å². The van der Waals surface area contributed by atoms with Crippen molar-refractivity contribution in [3.05, 3.63) is 23.3 Å². The highest BCUT2D eigenvalue weighted by Crippen LogP contribution is 2.36. The Morgan fingerprint density at radius 2 is 2.05 bits per heavy atom. The van der Waals surface area contributed by atoms with Gasteiger partial charge in [-0.15, -0.1) is 5.10 Å². The van der Waals surface area contributed by atoms with Gasteiger partial charge in [0, 0.05) is 6.20 Å². The molecular formula is C14H17N5. The normalized spacial score (nSPS) is 18.4. The zero-order chi connectivity index (χ0) is 12.8. The topological polar surface area (TPSA) is 56.5 Å². The summed E-state index contributed by atoms with van der Waals surface area (Å²) in [5.41, 5.74) is 4.56. The van der Waals surface area contributed by atoms with Crippen molar-refractivity contribution in [2.75, 3.05) is 0 Å². The maximum atomic E-state index is 4.65. The third-order valence-corrected chi connectivity index (χ3v) is 4.28. The van der Waals surface area contributed by atoms with Crippen molar-refractivity contribution < 1.29 is 0 Å². The Hall–Kier alpha value is -1.78. The first kappa shape index (κ1) is 11.1. The van der Waals surface area contributed by atoms with Gasteiger partial charge in [-0.2, -0.15) is 0 Å². The van der Waals surface area contributed by atoms with Crippen LogP contribution in [0.15, 0.2) is 6.20 Å². The van der Waals surface area contributed by atoms with E-state index >= 15 is 0 Å². The Morgan fingerprint density at radius 1 is 1.21 bits per heavy atom. The van der Waals surface area contributed by atoms with Gasteiger partial charge in [-0.25, -0.2) is 14.6 Å². The molecule has 0 N–H and O–H groups in total. The molecular weight excluding hydrogens is 238 g/mol. The van der Waals surface area contributed by atoms with Gasteiger partial charge in [0.25, 0.3) is 0 Å². The summed E-state index contributed by atoms with van der Waals surface area (Å²) >= 11 is 0.